The number of hydrogen-bond acceptors (Lipinski definition) is 16. The number of allylic oxidation sites excluding steroid dienone is 3. The largest absolute Gasteiger partial charge is 0.480 e. The number of hydrogen-bond donors (Lipinski definition) is 6. The summed E-state index contributed by atoms with van der Waals surface area (Å²) in [4.78, 5) is 95.8. The normalized spacial score (nSPS) is 29.5. The van der Waals surface area contributed by atoms with Crippen molar-refractivity contribution in [2.45, 2.75) is 85.0 Å². The number of oxime groups is 1. The van der Waals surface area contributed by atoms with Crippen molar-refractivity contribution >= 4 is 88.5 Å². The lowest BCUT2D eigenvalue weighted by Crippen LogP contribution is -2.57. The van der Waals surface area contributed by atoms with Gasteiger partial charge in [-0.15, -0.1) is 11.8 Å². The second-order valence-electron chi connectivity index (χ2n) is 13.0. The standard InChI is InChI=1S/C33H40N4O14S3/c1-17(38)34-21(28(43)44)13-52-15-23(41)26-27-36-19(12-49-27)6-4-5-7-20(40)10-24-31(3,53-14-22(29(45)46)35-18(2)39)8-9-32(54-24,11-25(42)51-37-26)33(16-50-33)30(47)48/h4-7,12,21-24,41H,8-11,13-16H2,1-3H3,(H,34,38)(H,35,39)(H,43,44)(H,45,46)(H,47,48)/b6-4-,7-5+,37-26-/t21-,22-,23-,24+,31-,32-,33+/m1/s1. The molecule has 1 aromatic rings. The Morgan fingerprint density at radius 2 is 1.61 bits per heavy atom. The lowest BCUT2D eigenvalue weighted by molar-refractivity contribution is -0.149. The summed E-state index contributed by atoms with van der Waals surface area (Å²) in [7, 11) is 0. The molecule has 0 spiro atoms. The average Bonchev–Trinajstić information content (AvgIpc) is 3.79. The SMILES string of the molecule is CC(=O)N[C@H](CSC[C@@H](O)/C1=N/OC(=O)C[C@@]2([C@@]3(C(=O)O)CO3)CC[C@@](C)(SC[C@@H](NC(C)=O)C(=O)O)[C@H](CC(=O)/C=C/C=C\c3coc1n3)S2)C(=O)O. The molecule has 4 rings (SSSR count). The Kier molecular flexibility index (Phi) is 14.2. The van der Waals surface area contributed by atoms with Gasteiger partial charge in [-0.1, -0.05) is 17.3 Å². The lowest BCUT2D eigenvalue weighted by atomic mass is 9.80. The van der Waals surface area contributed by atoms with Gasteiger partial charge in [0, 0.05) is 47.5 Å². The van der Waals surface area contributed by atoms with Crippen molar-refractivity contribution in [2.24, 2.45) is 5.16 Å². The van der Waals surface area contributed by atoms with Crippen molar-refractivity contribution in [3.8, 4) is 0 Å². The monoisotopic (exact) mass is 812 g/mol. The molecule has 18 nitrogen and oxygen atoms in total. The average molecular weight is 813 g/mol. The van der Waals surface area contributed by atoms with Crippen LogP contribution < -0.4 is 10.6 Å². The van der Waals surface area contributed by atoms with Crippen LogP contribution in [0.2, 0.25) is 0 Å². The van der Waals surface area contributed by atoms with E-state index in [1.807, 2.05) is 6.92 Å². The quantitative estimate of drug-likeness (QED) is 0.113. The molecule has 2 saturated heterocycles. The molecule has 7 atom stereocenters. The number of nitrogens with zero attached hydrogens (tertiary/aromatic N) is 2. The topological polar surface area (TPSA) is 285 Å². The van der Waals surface area contributed by atoms with Crippen LogP contribution in [0.5, 0.6) is 0 Å². The first-order valence-electron chi connectivity index (χ1n) is 16.5. The molecule has 3 aliphatic heterocycles. The molecular weight excluding hydrogens is 773 g/mol. The van der Waals surface area contributed by atoms with Gasteiger partial charge >= 0.3 is 23.9 Å². The molecular formula is C33H40N4O14S3. The lowest BCUT2D eigenvalue weighted by Gasteiger charge is -2.50. The van der Waals surface area contributed by atoms with Crippen molar-refractivity contribution in [1.29, 1.82) is 0 Å². The van der Waals surface area contributed by atoms with Crippen molar-refractivity contribution in [2.75, 3.05) is 23.9 Å². The van der Waals surface area contributed by atoms with Crippen molar-refractivity contribution < 1.29 is 68.0 Å². The fourth-order valence-electron chi connectivity index (χ4n) is 5.86. The van der Waals surface area contributed by atoms with E-state index in [2.05, 4.69) is 20.8 Å². The summed E-state index contributed by atoms with van der Waals surface area (Å²) in [5.74, 6) is -6.99. The molecule has 2 fully saturated rings. The smallest absolute Gasteiger partial charge is 0.339 e. The van der Waals surface area contributed by atoms with Crippen molar-refractivity contribution in [3.63, 3.8) is 0 Å². The molecule has 3 aliphatic rings. The van der Waals surface area contributed by atoms with Gasteiger partial charge in [0.15, 0.2) is 11.5 Å². The summed E-state index contributed by atoms with van der Waals surface area (Å²) in [6.07, 6.45) is 5.01. The van der Waals surface area contributed by atoms with E-state index in [1.54, 1.807) is 0 Å². The van der Waals surface area contributed by atoms with Crippen LogP contribution in [0.25, 0.3) is 6.08 Å². The molecule has 0 unspecified atom stereocenters. The van der Waals surface area contributed by atoms with Gasteiger partial charge in [0.1, 0.15) is 30.1 Å². The third-order valence-corrected chi connectivity index (χ3v) is 13.9. The van der Waals surface area contributed by atoms with Crippen molar-refractivity contribution in [3.05, 3.63) is 36.1 Å². The maximum Gasteiger partial charge on any atom is 0.339 e. The number of ketones is 1. The van der Waals surface area contributed by atoms with E-state index >= 15 is 0 Å². The number of amides is 2. The number of aliphatic hydroxyl groups is 1. The molecule has 0 aromatic carbocycles. The molecule has 0 radical (unpaired) electrons. The first-order valence-corrected chi connectivity index (χ1v) is 19.5. The number of rotatable bonds is 14. The maximum atomic E-state index is 13.6. The number of aliphatic hydroxyl groups excluding tert-OH is 1. The number of ether oxygens (including phenoxy) is 1. The number of epoxide rings is 1. The molecule has 1 aromatic heterocycles. The molecule has 294 valence electrons. The van der Waals surface area contributed by atoms with E-state index in [-0.39, 0.29) is 66.2 Å². The third kappa shape index (κ3) is 10.5. The Morgan fingerprint density at radius 1 is 0.981 bits per heavy atom. The number of thioether (sulfide) groups is 3. The number of carbonyl (C=O) groups is 7. The number of carbonyl (C=O) groups excluding carboxylic acids is 4. The minimum Gasteiger partial charge on any atom is -0.480 e. The molecule has 0 saturated carbocycles. The highest BCUT2D eigenvalue weighted by Gasteiger charge is 2.71. The summed E-state index contributed by atoms with van der Waals surface area (Å²) in [5.41, 5.74) is -1.94. The number of oxazole rings is 1. The fraction of sp³-hybridized carbons (Fsp3) is 0.545. The molecule has 4 heterocycles. The minimum absolute atomic E-state index is 0.0572. The summed E-state index contributed by atoms with van der Waals surface area (Å²) in [6, 6.07) is -2.49. The highest BCUT2D eigenvalue weighted by Crippen LogP contribution is 2.61. The number of aromatic nitrogens is 1. The van der Waals surface area contributed by atoms with Gasteiger partial charge < -0.3 is 45.1 Å². The Morgan fingerprint density at radius 3 is 2.20 bits per heavy atom. The highest BCUT2D eigenvalue weighted by atomic mass is 32.2. The van der Waals surface area contributed by atoms with Gasteiger partial charge in [0.25, 0.3) is 0 Å². The molecule has 21 heteroatoms. The van der Waals surface area contributed by atoms with Crippen LogP contribution in [0.4, 0.5) is 0 Å². The van der Waals surface area contributed by atoms with Crippen molar-refractivity contribution in [1.82, 2.24) is 15.6 Å². The van der Waals surface area contributed by atoms with Gasteiger partial charge in [0.2, 0.25) is 23.3 Å². The molecule has 6 N–H and O–H groups in total. The predicted molar refractivity (Wildman–Crippen MR) is 196 cm³/mol. The predicted octanol–water partition coefficient (Wildman–Crippen LogP) is 1.11. The number of fused-ring (bicyclic) bond motifs is 4. The summed E-state index contributed by atoms with van der Waals surface area (Å²) < 4.78 is 8.71. The van der Waals surface area contributed by atoms with Gasteiger partial charge in [0.05, 0.1) is 17.8 Å². The molecule has 0 aliphatic carbocycles. The van der Waals surface area contributed by atoms with E-state index in [0.717, 1.165) is 30.4 Å². The van der Waals surface area contributed by atoms with E-state index in [1.165, 1.54) is 49.3 Å². The van der Waals surface area contributed by atoms with E-state index in [9.17, 15) is 54.0 Å². The van der Waals surface area contributed by atoms with Gasteiger partial charge in [-0.25, -0.2) is 24.2 Å². The van der Waals surface area contributed by atoms with E-state index in [0.29, 0.717) is 0 Å². The third-order valence-electron chi connectivity index (χ3n) is 8.86. The van der Waals surface area contributed by atoms with Crippen LogP contribution in [0, 0.1) is 0 Å². The van der Waals surface area contributed by atoms with E-state index in [4.69, 9.17) is 14.0 Å². The summed E-state index contributed by atoms with van der Waals surface area (Å²) in [5, 5.41) is 48.5. The van der Waals surface area contributed by atoms with Crippen LogP contribution in [0.1, 0.15) is 58.0 Å². The minimum atomic E-state index is -1.83. The number of carboxylic acids is 3. The molecule has 54 heavy (non-hydrogen) atoms. The zero-order valence-electron chi connectivity index (χ0n) is 29.3. The second kappa shape index (κ2) is 18.0. The Labute approximate surface area is 321 Å². The zero-order valence-corrected chi connectivity index (χ0v) is 31.8. The zero-order chi connectivity index (χ0) is 39.8. The Bertz CT molecular complexity index is 1740. The summed E-state index contributed by atoms with van der Waals surface area (Å²) >= 11 is 3.23. The fourth-order valence-corrected chi connectivity index (χ4v) is 10.5. The van der Waals surface area contributed by atoms with Gasteiger partial charge in [-0.3, -0.25) is 14.4 Å². The first kappa shape index (κ1) is 42.6. The van der Waals surface area contributed by atoms with Gasteiger partial charge in [-0.2, -0.15) is 23.5 Å². The van der Waals surface area contributed by atoms with E-state index < -0.39 is 80.6 Å². The Balaban J connectivity index is 1.68. The second-order valence-corrected chi connectivity index (χ2v) is 17.2. The van der Waals surface area contributed by atoms with Crippen LogP contribution >= 0.6 is 35.3 Å². The van der Waals surface area contributed by atoms with Crippen LogP contribution in [-0.4, -0.2) is 135 Å². The van der Waals surface area contributed by atoms with Crippen LogP contribution in [-0.2, 0) is 43.1 Å². The summed E-state index contributed by atoms with van der Waals surface area (Å²) in [6.45, 7) is 3.94. The first-order chi connectivity index (χ1) is 25.4. The molecule has 4 bridgehead atoms. The van der Waals surface area contributed by atoms with Crippen LogP contribution in [0.15, 0.2) is 34.1 Å². The number of nitrogens with one attached hydrogen (secondary N) is 2. The van der Waals surface area contributed by atoms with Crippen LogP contribution in [0.3, 0.4) is 0 Å². The Hall–Kier alpha value is -4.18. The highest BCUT2D eigenvalue weighted by molar-refractivity contribution is 8.05. The molecule has 2 amide bonds. The number of aliphatic carboxylic acids is 3. The van der Waals surface area contributed by atoms with Gasteiger partial charge in [-0.05, 0) is 31.9 Å². The maximum absolute atomic E-state index is 13.6. The number of carboxylic acid groups (broad SMARTS) is 3.